The summed E-state index contributed by atoms with van der Waals surface area (Å²) < 4.78 is 20.7. The standard InChI is InChI=1S/C5H12O2S.FH/c1-5(2,3)8(4,6)7;/h1-4H3;1H. The normalized spacial score (nSPS) is 12.4. The number of sulfone groups is 1. The van der Waals surface area contributed by atoms with Gasteiger partial charge in [0, 0.05) is 6.26 Å². The number of rotatable bonds is 0. The molecule has 0 saturated carbocycles. The Morgan fingerprint density at radius 3 is 1.22 bits per heavy atom. The number of hydrogen-bond acceptors (Lipinski definition) is 2. The van der Waals surface area contributed by atoms with Crippen molar-refractivity contribution in [1.82, 2.24) is 0 Å². The first-order valence-corrected chi connectivity index (χ1v) is 4.34. The molecule has 0 bridgehead atoms. The molecule has 0 atom stereocenters. The third-order valence-electron chi connectivity index (χ3n) is 1.11. The summed E-state index contributed by atoms with van der Waals surface area (Å²) >= 11 is 0. The van der Waals surface area contributed by atoms with Crippen molar-refractivity contribution in [3.05, 3.63) is 0 Å². The second-order valence-electron chi connectivity index (χ2n) is 2.88. The molecule has 0 N–H and O–H groups in total. The van der Waals surface area contributed by atoms with Gasteiger partial charge in [0.1, 0.15) is 0 Å². The van der Waals surface area contributed by atoms with Crippen molar-refractivity contribution in [3.63, 3.8) is 0 Å². The first-order valence-electron chi connectivity index (χ1n) is 2.45. The predicted molar refractivity (Wildman–Crippen MR) is 37.1 cm³/mol. The maximum absolute atomic E-state index is 10.7. The van der Waals surface area contributed by atoms with Crippen LogP contribution in [0.4, 0.5) is 4.70 Å². The van der Waals surface area contributed by atoms with Crippen LogP contribution < -0.4 is 0 Å². The Bertz CT molecular complexity index is 164. The van der Waals surface area contributed by atoms with Gasteiger partial charge in [-0.3, -0.25) is 4.70 Å². The third kappa shape index (κ3) is 3.46. The Labute approximate surface area is 55.6 Å². The smallest absolute Gasteiger partial charge is 0.152 e. The van der Waals surface area contributed by atoms with Crippen molar-refractivity contribution in [1.29, 1.82) is 0 Å². The Hall–Kier alpha value is -0.120. The molecule has 0 fully saturated rings. The van der Waals surface area contributed by atoms with Crippen molar-refractivity contribution in [2.24, 2.45) is 0 Å². The van der Waals surface area contributed by atoms with E-state index in [9.17, 15) is 8.42 Å². The van der Waals surface area contributed by atoms with Crippen LogP contribution in [0.5, 0.6) is 0 Å². The van der Waals surface area contributed by atoms with E-state index in [0.717, 1.165) is 0 Å². The molecule has 0 unspecified atom stereocenters. The van der Waals surface area contributed by atoms with Crippen molar-refractivity contribution in [2.45, 2.75) is 25.5 Å². The molecule has 0 rings (SSSR count). The maximum atomic E-state index is 10.7. The second-order valence-corrected chi connectivity index (χ2v) is 5.65. The molecule has 0 radical (unpaired) electrons. The van der Waals surface area contributed by atoms with E-state index in [1.54, 1.807) is 20.8 Å². The lowest BCUT2D eigenvalue weighted by Crippen LogP contribution is -2.26. The molecule has 0 aliphatic heterocycles. The van der Waals surface area contributed by atoms with Crippen LogP contribution in [-0.4, -0.2) is 19.4 Å². The molecule has 0 heterocycles. The van der Waals surface area contributed by atoms with Crippen LogP contribution in [-0.2, 0) is 9.84 Å². The lowest BCUT2D eigenvalue weighted by atomic mass is 10.3. The molecular weight excluding hydrogens is 143 g/mol. The molecular formula is C5H13FO2S. The first kappa shape index (κ1) is 11.6. The summed E-state index contributed by atoms with van der Waals surface area (Å²) in [5.41, 5.74) is 0. The van der Waals surface area contributed by atoms with Gasteiger partial charge >= 0.3 is 0 Å². The largest absolute Gasteiger partial charge is 0.269 e. The lowest BCUT2D eigenvalue weighted by Gasteiger charge is -2.14. The van der Waals surface area contributed by atoms with Gasteiger partial charge in [-0.25, -0.2) is 8.42 Å². The Kier molecular flexibility index (Phi) is 3.42. The van der Waals surface area contributed by atoms with Gasteiger partial charge in [0.05, 0.1) is 4.75 Å². The molecule has 4 heteroatoms. The minimum absolute atomic E-state index is 0. The summed E-state index contributed by atoms with van der Waals surface area (Å²) in [7, 11) is -2.84. The molecule has 0 saturated heterocycles. The Morgan fingerprint density at radius 1 is 1.11 bits per heavy atom. The summed E-state index contributed by atoms with van der Waals surface area (Å²) in [5, 5.41) is 0. The molecule has 0 aliphatic carbocycles. The van der Waals surface area contributed by atoms with Crippen LogP contribution >= 0.6 is 0 Å². The van der Waals surface area contributed by atoms with E-state index in [-0.39, 0.29) is 4.70 Å². The van der Waals surface area contributed by atoms with E-state index in [2.05, 4.69) is 0 Å². The van der Waals surface area contributed by atoms with Gasteiger partial charge in [-0.05, 0) is 20.8 Å². The molecule has 0 aliphatic rings. The second kappa shape index (κ2) is 2.64. The fourth-order valence-electron chi connectivity index (χ4n) is 0. The van der Waals surface area contributed by atoms with Crippen LogP contribution in [0.2, 0.25) is 0 Å². The van der Waals surface area contributed by atoms with Crippen LogP contribution in [0.25, 0.3) is 0 Å². The zero-order valence-electron chi connectivity index (χ0n) is 6.13. The maximum Gasteiger partial charge on any atom is 0.152 e. The fraction of sp³-hybridized carbons (Fsp3) is 1.00. The highest BCUT2D eigenvalue weighted by Gasteiger charge is 2.22. The molecule has 0 aromatic carbocycles. The van der Waals surface area contributed by atoms with Gasteiger partial charge in [0.2, 0.25) is 0 Å². The van der Waals surface area contributed by atoms with Crippen molar-refractivity contribution < 1.29 is 13.1 Å². The molecule has 0 amide bonds. The van der Waals surface area contributed by atoms with Gasteiger partial charge in [0.15, 0.2) is 9.84 Å². The fourth-order valence-corrected chi connectivity index (χ4v) is 0. The Morgan fingerprint density at radius 2 is 1.22 bits per heavy atom. The average Bonchev–Trinajstić information content (AvgIpc) is 1.25. The van der Waals surface area contributed by atoms with E-state index in [1.807, 2.05) is 0 Å². The van der Waals surface area contributed by atoms with Gasteiger partial charge < -0.3 is 0 Å². The monoisotopic (exact) mass is 156 g/mol. The summed E-state index contributed by atoms with van der Waals surface area (Å²) in [6, 6.07) is 0. The highest BCUT2D eigenvalue weighted by Crippen LogP contribution is 2.11. The van der Waals surface area contributed by atoms with Gasteiger partial charge in [-0.15, -0.1) is 0 Å². The van der Waals surface area contributed by atoms with E-state index in [4.69, 9.17) is 0 Å². The SMILES string of the molecule is CC(C)(C)S(C)(=O)=O.F. The topological polar surface area (TPSA) is 34.1 Å². The van der Waals surface area contributed by atoms with Crippen LogP contribution in [0.1, 0.15) is 20.8 Å². The van der Waals surface area contributed by atoms with Gasteiger partial charge in [-0.2, -0.15) is 0 Å². The summed E-state index contributed by atoms with van der Waals surface area (Å²) in [4.78, 5) is 0. The quantitative estimate of drug-likeness (QED) is 0.524. The van der Waals surface area contributed by atoms with Crippen LogP contribution in [0.15, 0.2) is 0 Å². The summed E-state index contributed by atoms with van der Waals surface area (Å²) in [5.74, 6) is 0. The Balaban J connectivity index is 0. The van der Waals surface area contributed by atoms with E-state index >= 15 is 0 Å². The zero-order valence-corrected chi connectivity index (χ0v) is 6.95. The molecule has 0 aromatic heterocycles. The number of halogens is 1. The molecule has 2 nitrogen and oxygen atoms in total. The van der Waals surface area contributed by atoms with Crippen LogP contribution in [0.3, 0.4) is 0 Å². The third-order valence-corrected chi connectivity index (χ3v) is 3.34. The lowest BCUT2D eigenvalue weighted by molar-refractivity contribution is 0.566. The minimum Gasteiger partial charge on any atom is -0.269 e. The highest BCUT2D eigenvalue weighted by atomic mass is 32.2. The highest BCUT2D eigenvalue weighted by molar-refractivity contribution is 7.92. The zero-order chi connectivity index (χ0) is 7.00. The van der Waals surface area contributed by atoms with Crippen molar-refractivity contribution >= 4 is 9.84 Å². The van der Waals surface area contributed by atoms with E-state index < -0.39 is 14.6 Å². The van der Waals surface area contributed by atoms with Gasteiger partial charge in [0.25, 0.3) is 0 Å². The average molecular weight is 156 g/mol. The van der Waals surface area contributed by atoms with E-state index in [0.29, 0.717) is 0 Å². The van der Waals surface area contributed by atoms with Crippen LogP contribution in [0, 0.1) is 0 Å². The molecule has 9 heavy (non-hydrogen) atoms. The molecule has 0 spiro atoms. The van der Waals surface area contributed by atoms with E-state index in [1.165, 1.54) is 6.26 Å². The van der Waals surface area contributed by atoms with Gasteiger partial charge in [-0.1, -0.05) is 0 Å². The number of hydrogen-bond donors (Lipinski definition) is 0. The molecule has 0 aromatic rings. The van der Waals surface area contributed by atoms with Crippen molar-refractivity contribution in [2.75, 3.05) is 6.26 Å². The summed E-state index contributed by atoms with van der Waals surface area (Å²) in [6.45, 7) is 5.05. The minimum atomic E-state index is -2.84. The summed E-state index contributed by atoms with van der Waals surface area (Å²) in [6.07, 6.45) is 1.24. The molecule has 58 valence electrons. The predicted octanol–water partition coefficient (Wildman–Crippen LogP) is 0.982. The first-order chi connectivity index (χ1) is 3.25. The van der Waals surface area contributed by atoms with Crippen molar-refractivity contribution in [3.8, 4) is 0 Å².